The second-order valence-electron chi connectivity index (χ2n) is 3.63. The summed E-state index contributed by atoms with van der Waals surface area (Å²) >= 11 is 1.79. The number of aryl methyl sites for hydroxylation is 1. The average molecular weight is 230 g/mol. The van der Waals surface area contributed by atoms with Crippen molar-refractivity contribution >= 4 is 17.4 Å². The molecule has 0 atom stereocenters. The smallest absolute Gasteiger partial charge is 0.0526 e. The zero-order valence-corrected chi connectivity index (χ0v) is 10.00. The first-order chi connectivity index (χ1) is 7.75. The summed E-state index contributed by atoms with van der Waals surface area (Å²) in [5, 5.41) is 0. The van der Waals surface area contributed by atoms with Gasteiger partial charge in [-0.05, 0) is 30.7 Å². The number of nitrogens with zero attached hydrogens (tertiary/aromatic N) is 1. The molecule has 0 unspecified atom stereocenters. The van der Waals surface area contributed by atoms with Gasteiger partial charge in [0.2, 0.25) is 0 Å². The van der Waals surface area contributed by atoms with Crippen molar-refractivity contribution in [1.29, 1.82) is 0 Å². The van der Waals surface area contributed by atoms with Crippen LogP contribution in [0.2, 0.25) is 0 Å². The molecular formula is C13H14N2S. The molecular weight excluding hydrogens is 216 g/mol. The van der Waals surface area contributed by atoms with Crippen LogP contribution in [-0.4, -0.2) is 4.98 Å². The van der Waals surface area contributed by atoms with Crippen LogP contribution in [0.25, 0.3) is 0 Å². The SMILES string of the molecule is Cc1ccccc1SCc1cc(N)ccn1. The summed E-state index contributed by atoms with van der Waals surface area (Å²) in [6.07, 6.45) is 1.75. The Kier molecular flexibility index (Phi) is 3.47. The highest BCUT2D eigenvalue weighted by atomic mass is 32.2. The second kappa shape index (κ2) is 5.03. The van der Waals surface area contributed by atoms with Crippen LogP contribution >= 0.6 is 11.8 Å². The Morgan fingerprint density at radius 1 is 1.25 bits per heavy atom. The van der Waals surface area contributed by atoms with Gasteiger partial charge in [-0.3, -0.25) is 4.98 Å². The predicted molar refractivity (Wildman–Crippen MR) is 69.4 cm³/mol. The van der Waals surface area contributed by atoms with Crippen LogP contribution in [0.4, 0.5) is 5.69 Å². The number of benzene rings is 1. The van der Waals surface area contributed by atoms with E-state index in [0.29, 0.717) is 0 Å². The third kappa shape index (κ3) is 2.76. The van der Waals surface area contributed by atoms with Crippen LogP contribution < -0.4 is 5.73 Å². The maximum absolute atomic E-state index is 5.71. The van der Waals surface area contributed by atoms with E-state index in [1.165, 1.54) is 10.5 Å². The molecule has 1 aromatic heterocycles. The first-order valence-corrected chi connectivity index (χ1v) is 6.13. The Bertz CT molecular complexity index is 483. The molecule has 1 heterocycles. The number of rotatable bonds is 3. The predicted octanol–water partition coefficient (Wildman–Crippen LogP) is 3.26. The third-order valence-corrected chi connectivity index (χ3v) is 3.52. The molecule has 0 amide bonds. The molecule has 82 valence electrons. The number of thioether (sulfide) groups is 1. The van der Waals surface area contributed by atoms with Gasteiger partial charge in [-0.1, -0.05) is 18.2 Å². The Balaban J connectivity index is 2.05. The first-order valence-electron chi connectivity index (χ1n) is 5.14. The van der Waals surface area contributed by atoms with Gasteiger partial charge in [-0.2, -0.15) is 0 Å². The summed E-state index contributed by atoms with van der Waals surface area (Å²) in [6.45, 7) is 2.12. The summed E-state index contributed by atoms with van der Waals surface area (Å²) in [7, 11) is 0. The number of pyridine rings is 1. The highest BCUT2D eigenvalue weighted by Crippen LogP contribution is 2.25. The molecule has 0 aliphatic rings. The van der Waals surface area contributed by atoms with Crippen molar-refractivity contribution in [3.8, 4) is 0 Å². The van der Waals surface area contributed by atoms with Crippen LogP contribution in [0.3, 0.4) is 0 Å². The Hall–Kier alpha value is -1.48. The molecule has 0 saturated carbocycles. The minimum atomic E-state index is 0.774. The van der Waals surface area contributed by atoms with Gasteiger partial charge in [0.1, 0.15) is 0 Å². The first kappa shape index (κ1) is 11.0. The summed E-state index contributed by atoms with van der Waals surface area (Å²) in [5.74, 6) is 0.857. The van der Waals surface area contributed by atoms with Crippen LogP contribution in [0.15, 0.2) is 47.5 Å². The van der Waals surface area contributed by atoms with Gasteiger partial charge in [-0.15, -0.1) is 11.8 Å². The molecule has 0 fully saturated rings. The van der Waals surface area contributed by atoms with E-state index < -0.39 is 0 Å². The highest BCUT2D eigenvalue weighted by Gasteiger charge is 2.00. The van der Waals surface area contributed by atoms with E-state index in [1.807, 2.05) is 12.1 Å². The van der Waals surface area contributed by atoms with Crippen LogP contribution in [-0.2, 0) is 5.75 Å². The molecule has 2 rings (SSSR count). The maximum atomic E-state index is 5.71. The highest BCUT2D eigenvalue weighted by molar-refractivity contribution is 7.98. The lowest BCUT2D eigenvalue weighted by atomic mass is 10.2. The van der Waals surface area contributed by atoms with Crippen molar-refractivity contribution in [3.63, 3.8) is 0 Å². The van der Waals surface area contributed by atoms with Gasteiger partial charge < -0.3 is 5.73 Å². The summed E-state index contributed by atoms with van der Waals surface area (Å²) in [6, 6.07) is 12.1. The van der Waals surface area contributed by atoms with Crippen molar-refractivity contribution in [3.05, 3.63) is 53.9 Å². The van der Waals surface area contributed by atoms with Crippen molar-refractivity contribution in [2.45, 2.75) is 17.6 Å². The fraction of sp³-hybridized carbons (Fsp3) is 0.154. The average Bonchev–Trinajstić information content (AvgIpc) is 2.28. The molecule has 0 spiro atoms. The van der Waals surface area contributed by atoms with Crippen LogP contribution in [0, 0.1) is 6.92 Å². The van der Waals surface area contributed by atoms with E-state index in [9.17, 15) is 0 Å². The third-order valence-electron chi connectivity index (χ3n) is 2.31. The lowest BCUT2D eigenvalue weighted by Gasteiger charge is -2.05. The van der Waals surface area contributed by atoms with E-state index in [4.69, 9.17) is 5.73 Å². The Morgan fingerprint density at radius 3 is 2.81 bits per heavy atom. The van der Waals surface area contributed by atoms with Crippen LogP contribution in [0.1, 0.15) is 11.3 Å². The number of aromatic nitrogens is 1. The van der Waals surface area contributed by atoms with Crippen molar-refractivity contribution < 1.29 is 0 Å². The van der Waals surface area contributed by atoms with Gasteiger partial charge in [0, 0.05) is 22.5 Å². The molecule has 0 aliphatic carbocycles. The Morgan fingerprint density at radius 2 is 2.06 bits per heavy atom. The number of nitrogens with two attached hydrogens (primary N) is 1. The minimum absolute atomic E-state index is 0.774. The van der Waals surface area contributed by atoms with E-state index in [2.05, 4.69) is 36.2 Å². The van der Waals surface area contributed by atoms with Crippen molar-refractivity contribution in [1.82, 2.24) is 4.98 Å². The van der Waals surface area contributed by atoms with E-state index in [1.54, 1.807) is 18.0 Å². The zero-order valence-electron chi connectivity index (χ0n) is 9.18. The second-order valence-corrected chi connectivity index (χ2v) is 4.65. The number of anilines is 1. The number of hydrogen-bond donors (Lipinski definition) is 1. The zero-order chi connectivity index (χ0) is 11.4. The molecule has 0 bridgehead atoms. The summed E-state index contributed by atoms with van der Waals surface area (Å²) in [4.78, 5) is 5.58. The van der Waals surface area contributed by atoms with E-state index in [-0.39, 0.29) is 0 Å². The molecule has 2 aromatic rings. The standard InChI is InChI=1S/C13H14N2S/c1-10-4-2-3-5-13(10)16-9-12-8-11(14)6-7-15-12/h2-8H,9H2,1H3,(H2,14,15). The molecule has 0 radical (unpaired) electrons. The maximum Gasteiger partial charge on any atom is 0.0526 e. The molecule has 2 nitrogen and oxygen atoms in total. The number of nitrogen functional groups attached to an aromatic ring is 1. The molecule has 0 aliphatic heterocycles. The summed E-state index contributed by atoms with van der Waals surface area (Å²) < 4.78 is 0. The van der Waals surface area contributed by atoms with Crippen molar-refractivity contribution in [2.75, 3.05) is 5.73 Å². The van der Waals surface area contributed by atoms with Gasteiger partial charge >= 0.3 is 0 Å². The monoisotopic (exact) mass is 230 g/mol. The van der Waals surface area contributed by atoms with Crippen LogP contribution in [0.5, 0.6) is 0 Å². The van der Waals surface area contributed by atoms with Gasteiger partial charge in [0.25, 0.3) is 0 Å². The molecule has 3 heteroatoms. The van der Waals surface area contributed by atoms with Gasteiger partial charge in [-0.25, -0.2) is 0 Å². The molecule has 2 N–H and O–H groups in total. The van der Waals surface area contributed by atoms with Gasteiger partial charge in [0.05, 0.1) is 5.69 Å². The minimum Gasteiger partial charge on any atom is -0.399 e. The Labute approximate surface area is 99.9 Å². The summed E-state index contributed by atoms with van der Waals surface area (Å²) in [5.41, 5.74) is 8.81. The quantitative estimate of drug-likeness (QED) is 0.822. The van der Waals surface area contributed by atoms with E-state index >= 15 is 0 Å². The molecule has 1 aromatic carbocycles. The fourth-order valence-corrected chi connectivity index (χ4v) is 2.38. The molecule has 16 heavy (non-hydrogen) atoms. The largest absolute Gasteiger partial charge is 0.399 e. The number of hydrogen-bond acceptors (Lipinski definition) is 3. The van der Waals surface area contributed by atoms with Crippen molar-refractivity contribution in [2.24, 2.45) is 0 Å². The van der Waals surface area contributed by atoms with Gasteiger partial charge in [0.15, 0.2) is 0 Å². The van der Waals surface area contributed by atoms with E-state index in [0.717, 1.165) is 17.1 Å². The fourth-order valence-electron chi connectivity index (χ4n) is 1.45. The normalized spacial score (nSPS) is 10.3. The molecule has 0 saturated heterocycles. The topological polar surface area (TPSA) is 38.9 Å². The lowest BCUT2D eigenvalue weighted by molar-refractivity contribution is 1.17. The lowest BCUT2D eigenvalue weighted by Crippen LogP contribution is -1.91.